The fraction of sp³-hybridized carbons (Fsp3) is 0.0667. The van der Waals surface area contributed by atoms with Gasteiger partial charge in [-0.25, -0.2) is 14.4 Å². The summed E-state index contributed by atoms with van der Waals surface area (Å²) in [5, 5.41) is 0. The van der Waals surface area contributed by atoms with Crippen LogP contribution >= 0.6 is 0 Å². The Morgan fingerprint density at radius 3 is 2.80 bits per heavy atom. The van der Waals surface area contributed by atoms with Crippen molar-refractivity contribution in [1.82, 2.24) is 14.5 Å². The van der Waals surface area contributed by atoms with Crippen LogP contribution in [0, 0.1) is 12.7 Å². The van der Waals surface area contributed by atoms with Gasteiger partial charge in [-0.3, -0.25) is 4.57 Å². The molecule has 3 rings (SSSR count). The molecule has 0 aliphatic rings. The number of aromatic nitrogens is 3. The number of nitrogens with two attached hydrogens (primary N) is 1. The molecule has 3 aromatic rings. The predicted molar refractivity (Wildman–Crippen MR) is 75.9 cm³/mol. The zero-order chi connectivity index (χ0) is 14.1. The molecule has 5 heteroatoms. The maximum Gasteiger partial charge on any atom is 0.125 e. The second kappa shape index (κ2) is 4.77. The van der Waals surface area contributed by atoms with Gasteiger partial charge in [0.2, 0.25) is 0 Å². The van der Waals surface area contributed by atoms with Crippen LogP contribution in [0.15, 0.2) is 49.1 Å². The summed E-state index contributed by atoms with van der Waals surface area (Å²) in [5.74, 6) is 0.166. The number of hydrogen-bond donors (Lipinski definition) is 1. The molecule has 0 saturated heterocycles. The Labute approximate surface area is 115 Å². The number of benzene rings is 1. The Balaban J connectivity index is 2.15. The van der Waals surface area contributed by atoms with E-state index in [2.05, 4.69) is 9.97 Å². The second-order valence-electron chi connectivity index (χ2n) is 4.61. The smallest absolute Gasteiger partial charge is 0.125 e. The SMILES string of the molecule is Cc1cc(F)cc(-n2cncc2-c2ccnc(N)c2)c1. The zero-order valence-corrected chi connectivity index (χ0v) is 10.9. The van der Waals surface area contributed by atoms with Crippen molar-refractivity contribution in [2.75, 3.05) is 5.73 Å². The van der Waals surface area contributed by atoms with Crippen LogP contribution in [-0.2, 0) is 0 Å². The van der Waals surface area contributed by atoms with Gasteiger partial charge in [0.15, 0.2) is 0 Å². The number of halogens is 1. The maximum atomic E-state index is 13.6. The van der Waals surface area contributed by atoms with E-state index in [1.54, 1.807) is 24.8 Å². The fourth-order valence-corrected chi connectivity index (χ4v) is 2.18. The lowest BCUT2D eigenvalue weighted by atomic mass is 10.1. The highest BCUT2D eigenvalue weighted by atomic mass is 19.1. The van der Waals surface area contributed by atoms with Crippen LogP contribution < -0.4 is 5.73 Å². The molecule has 4 nitrogen and oxygen atoms in total. The summed E-state index contributed by atoms with van der Waals surface area (Å²) in [5.41, 5.74) is 9.01. The van der Waals surface area contributed by atoms with Gasteiger partial charge in [-0.15, -0.1) is 0 Å². The summed E-state index contributed by atoms with van der Waals surface area (Å²) in [4.78, 5) is 8.11. The molecule has 2 heterocycles. The van der Waals surface area contributed by atoms with Gasteiger partial charge in [0, 0.05) is 11.8 Å². The Kier molecular flexibility index (Phi) is 2.95. The molecule has 0 unspecified atom stereocenters. The number of imidazole rings is 1. The highest BCUT2D eigenvalue weighted by Crippen LogP contribution is 2.24. The summed E-state index contributed by atoms with van der Waals surface area (Å²) in [7, 11) is 0. The van der Waals surface area contributed by atoms with Crippen molar-refractivity contribution >= 4 is 5.82 Å². The van der Waals surface area contributed by atoms with Crippen LogP contribution in [-0.4, -0.2) is 14.5 Å². The molecule has 0 bridgehead atoms. The quantitative estimate of drug-likeness (QED) is 0.777. The third-order valence-electron chi connectivity index (χ3n) is 3.02. The Morgan fingerprint density at radius 2 is 2.05 bits per heavy atom. The number of aryl methyl sites for hydroxylation is 1. The van der Waals surface area contributed by atoms with Crippen molar-refractivity contribution in [3.63, 3.8) is 0 Å². The first-order valence-electron chi connectivity index (χ1n) is 6.15. The first-order chi connectivity index (χ1) is 9.63. The lowest BCUT2D eigenvalue weighted by Gasteiger charge is -2.09. The van der Waals surface area contributed by atoms with E-state index in [-0.39, 0.29) is 5.82 Å². The summed E-state index contributed by atoms with van der Waals surface area (Å²) < 4.78 is 15.4. The van der Waals surface area contributed by atoms with Gasteiger partial charge in [-0.05, 0) is 42.8 Å². The van der Waals surface area contributed by atoms with Crippen LogP contribution in [0.3, 0.4) is 0 Å². The number of anilines is 1. The Bertz CT molecular complexity index is 744. The van der Waals surface area contributed by atoms with Gasteiger partial charge < -0.3 is 5.73 Å². The molecule has 2 aromatic heterocycles. The van der Waals surface area contributed by atoms with Gasteiger partial charge in [-0.1, -0.05) is 0 Å². The molecular weight excluding hydrogens is 255 g/mol. The van der Waals surface area contributed by atoms with Crippen molar-refractivity contribution in [3.05, 3.63) is 60.4 Å². The van der Waals surface area contributed by atoms with Crippen LogP contribution in [0.25, 0.3) is 16.9 Å². The monoisotopic (exact) mass is 268 g/mol. The van der Waals surface area contributed by atoms with E-state index in [0.29, 0.717) is 5.82 Å². The summed E-state index contributed by atoms with van der Waals surface area (Å²) in [6, 6.07) is 8.47. The predicted octanol–water partition coefficient (Wildman–Crippen LogP) is 2.96. The molecule has 0 amide bonds. The highest BCUT2D eigenvalue weighted by molar-refractivity contribution is 5.64. The van der Waals surface area contributed by atoms with Crippen molar-refractivity contribution in [2.24, 2.45) is 0 Å². The van der Waals surface area contributed by atoms with Crippen LogP contribution in [0.5, 0.6) is 0 Å². The van der Waals surface area contributed by atoms with Gasteiger partial charge in [0.05, 0.1) is 23.9 Å². The molecule has 0 spiro atoms. The molecule has 0 fully saturated rings. The highest BCUT2D eigenvalue weighted by Gasteiger charge is 2.09. The van der Waals surface area contributed by atoms with Crippen LogP contribution in [0.1, 0.15) is 5.56 Å². The minimum absolute atomic E-state index is 0.270. The third kappa shape index (κ3) is 2.25. The van der Waals surface area contributed by atoms with Crippen molar-refractivity contribution in [1.29, 1.82) is 0 Å². The Hall–Kier alpha value is -2.69. The van der Waals surface area contributed by atoms with Crippen molar-refractivity contribution in [3.8, 4) is 16.9 Å². The average Bonchev–Trinajstić information content (AvgIpc) is 2.86. The maximum absolute atomic E-state index is 13.6. The minimum atomic E-state index is -0.270. The molecule has 100 valence electrons. The standard InChI is InChI=1S/C15H13FN4/c1-10-4-12(16)7-13(5-10)20-9-18-8-14(20)11-2-3-19-15(17)6-11/h2-9H,1H3,(H2,17,19). The van der Waals surface area contributed by atoms with E-state index in [4.69, 9.17) is 5.73 Å². The number of nitrogens with zero attached hydrogens (tertiary/aromatic N) is 3. The lowest BCUT2D eigenvalue weighted by Crippen LogP contribution is -1.98. The van der Waals surface area contributed by atoms with Crippen LogP contribution in [0.4, 0.5) is 10.2 Å². The zero-order valence-electron chi connectivity index (χ0n) is 10.9. The van der Waals surface area contributed by atoms with Gasteiger partial charge in [-0.2, -0.15) is 0 Å². The average molecular weight is 268 g/mol. The van der Waals surface area contributed by atoms with Gasteiger partial charge >= 0.3 is 0 Å². The molecule has 0 atom stereocenters. The lowest BCUT2D eigenvalue weighted by molar-refractivity contribution is 0.625. The van der Waals surface area contributed by atoms with Crippen molar-refractivity contribution < 1.29 is 4.39 Å². The first-order valence-corrected chi connectivity index (χ1v) is 6.15. The third-order valence-corrected chi connectivity index (χ3v) is 3.02. The second-order valence-corrected chi connectivity index (χ2v) is 4.61. The molecule has 0 aliphatic carbocycles. The molecule has 1 aromatic carbocycles. The molecule has 20 heavy (non-hydrogen) atoms. The van der Waals surface area contributed by atoms with E-state index in [9.17, 15) is 4.39 Å². The van der Waals surface area contributed by atoms with E-state index in [1.165, 1.54) is 12.1 Å². The molecule has 0 aliphatic heterocycles. The largest absolute Gasteiger partial charge is 0.384 e. The minimum Gasteiger partial charge on any atom is -0.384 e. The Morgan fingerprint density at radius 1 is 1.20 bits per heavy atom. The van der Waals surface area contributed by atoms with Crippen molar-refractivity contribution in [2.45, 2.75) is 6.92 Å². The van der Waals surface area contributed by atoms with E-state index < -0.39 is 0 Å². The first kappa shape index (κ1) is 12.3. The number of rotatable bonds is 2. The molecule has 2 N–H and O–H groups in total. The molecular formula is C15H13FN4. The summed E-state index contributed by atoms with van der Waals surface area (Å²) >= 11 is 0. The number of pyridine rings is 1. The normalized spacial score (nSPS) is 10.7. The fourth-order valence-electron chi connectivity index (χ4n) is 2.18. The van der Waals surface area contributed by atoms with Gasteiger partial charge in [0.1, 0.15) is 11.6 Å². The molecule has 0 saturated carbocycles. The molecule has 0 radical (unpaired) electrons. The number of hydrogen-bond acceptors (Lipinski definition) is 3. The van der Waals surface area contributed by atoms with Crippen LogP contribution in [0.2, 0.25) is 0 Å². The van der Waals surface area contributed by atoms with E-state index in [1.807, 2.05) is 23.6 Å². The number of nitrogen functional groups attached to an aromatic ring is 1. The topological polar surface area (TPSA) is 56.7 Å². The summed E-state index contributed by atoms with van der Waals surface area (Å²) in [6.45, 7) is 1.85. The van der Waals surface area contributed by atoms with E-state index in [0.717, 1.165) is 22.5 Å². The van der Waals surface area contributed by atoms with Gasteiger partial charge in [0.25, 0.3) is 0 Å². The van der Waals surface area contributed by atoms with E-state index >= 15 is 0 Å². The summed E-state index contributed by atoms with van der Waals surface area (Å²) in [6.07, 6.45) is 5.01.